The van der Waals surface area contributed by atoms with Crippen LogP contribution in [0.4, 0.5) is 4.39 Å². The van der Waals surface area contributed by atoms with Crippen molar-refractivity contribution in [2.45, 2.75) is 31.5 Å². The van der Waals surface area contributed by atoms with Gasteiger partial charge in [-0.3, -0.25) is 9.69 Å². The second kappa shape index (κ2) is 6.71. The van der Waals surface area contributed by atoms with E-state index in [1.54, 1.807) is 18.2 Å². The molecule has 3 rings (SSSR count). The van der Waals surface area contributed by atoms with Gasteiger partial charge in [0.2, 0.25) is 5.91 Å². The number of primary amides is 1. The molecule has 0 radical (unpaired) electrons. The Hall–Kier alpha value is -2.24. The number of aliphatic hydroxyl groups excluding tert-OH is 1. The van der Waals surface area contributed by atoms with Crippen LogP contribution in [-0.2, 0) is 4.79 Å². The zero-order valence-corrected chi connectivity index (χ0v) is 13.5. The lowest BCUT2D eigenvalue weighted by Gasteiger charge is -2.29. The molecule has 24 heavy (non-hydrogen) atoms. The molecular formula is C19H21FN2O2. The number of halogens is 1. The molecule has 1 saturated heterocycles. The summed E-state index contributed by atoms with van der Waals surface area (Å²) in [7, 11) is 0. The highest BCUT2D eigenvalue weighted by molar-refractivity contribution is 5.80. The average molecular weight is 328 g/mol. The summed E-state index contributed by atoms with van der Waals surface area (Å²) in [5.74, 6) is -0.670. The molecule has 1 amide bonds. The molecule has 3 atom stereocenters. The van der Waals surface area contributed by atoms with E-state index in [4.69, 9.17) is 5.73 Å². The van der Waals surface area contributed by atoms with Crippen LogP contribution in [0.5, 0.6) is 0 Å². The molecule has 4 nitrogen and oxygen atoms in total. The Bertz CT molecular complexity index is 732. The van der Waals surface area contributed by atoms with Crippen molar-refractivity contribution in [1.82, 2.24) is 4.90 Å². The molecule has 5 heteroatoms. The summed E-state index contributed by atoms with van der Waals surface area (Å²) in [6.45, 7) is 2.40. The van der Waals surface area contributed by atoms with Crippen molar-refractivity contribution < 1.29 is 14.3 Å². The smallest absolute Gasteiger partial charge is 0.234 e. The minimum absolute atomic E-state index is 0.0608. The van der Waals surface area contributed by atoms with Gasteiger partial charge in [-0.05, 0) is 30.5 Å². The van der Waals surface area contributed by atoms with Crippen molar-refractivity contribution in [3.63, 3.8) is 0 Å². The van der Waals surface area contributed by atoms with Gasteiger partial charge >= 0.3 is 0 Å². The Morgan fingerprint density at radius 1 is 1.25 bits per heavy atom. The van der Waals surface area contributed by atoms with Crippen LogP contribution in [0.2, 0.25) is 0 Å². The quantitative estimate of drug-likeness (QED) is 0.906. The Morgan fingerprint density at radius 2 is 1.92 bits per heavy atom. The Morgan fingerprint density at radius 3 is 2.54 bits per heavy atom. The van der Waals surface area contributed by atoms with Gasteiger partial charge in [0.25, 0.3) is 0 Å². The number of β-amino-alcohol motifs (C(OH)–C–C–N with tert-alkyl or cyclic N) is 1. The second-order valence-electron chi connectivity index (χ2n) is 6.28. The van der Waals surface area contributed by atoms with Crippen LogP contribution in [0.15, 0.2) is 48.5 Å². The monoisotopic (exact) mass is 328 g/mol. The first-order valence-electron chi connectivity index (χ1n) is 8.05. The maximum atomic E-state index is 13.9. The van der Waals surface area contributed by atoms with Crippen LogP contribution in [0.25, 0.3) is 11.1 Å². The van der Waals surface area contributed by atoms with Crippen LogP contribution in [0.1, 0.15) is 24.9 Å². The SMILES string of the molecule is C[C@@H](c1ccc(-c2ccccc2F)cc1)N1CC(O)CC1C(N)=O. The van der Waals surface area contributed by atoms with Gasteiger partial charge in [0.1, 0.15) is 5.82 Å². The summed E-state index contributed by atoms with van der Waals surface area (Å²) in [6.07, 6.45) is -0.171. The van der Waals surface area contributed by atoms with Gasteiger partial charge in [0, 0.05) is 18.2 Å². The van der Waals surface area contributed by atoms with E-state index in [-0.39, 0.29) is 11.9 Å². The van der Waals surface area contributed by atoms with E-state index in [9.17, 15) is 14.3 Å². The first-order chi connectivity index (χ1) is 11.5. The number of nitrogens with two attached hydrogens (primary N) is 1. The molecule has 2 aromatic rings. The maximum Gasteiger partial charge on any atom is 0.234 e. The molecule has 0 spiro atoms. The first kappa shape index (κ1) is 16.6. The molecule has 0 saturated carbocycles. The zero-order valence-electron chi connectivity index (χ0n) is 13.5. The van der Waals surface area contributed by atoms with Gasteiger partial charge in [-0.15, -0.1) is 0 Å². The molecular weight excluding hydrogens is 307 g/mol. The van der Waals surface area contributed by atoms with E-state index in [1.165, 1.54) is 6.07 Å². The molecule has 1 fully saturated rings. The van der Waals surface area contributed by atoms with Crippen molar-refractivity contribution >= 4 is 5.91 Å². The summed E-state index contributed by atoms with van der Waals surface area (Å²) in [4.78, 5) is 13.5. The third-order valence-electron chi connectivity index (χ3n) is 4.72. The summed E-state index contributed by atoms with van der Waals surface area (Å²) in [6, 6.07) is 13.7. The van der Waals surface area contributed by atoms with Gasteiger partial charge in [-0.25, -0.2) is 4.39 Å². The third kappa shape index (κ3) is 3.18. The molecule has 126 valence electrons. The van der Waals surface area contributed by atoms with Gasteiger partial charge in [-0.1, -0.05) is 42.5 Å². The number of aliphatic hydroxyl groups is 1. The van der Waals surface area contributed by atoms with Crippen LogP contribution < -0.4 is 5.73 Å². The molecule has 1 aliphatic rings. The first-order valence-corrected chi connectivity index (χ1v) is 8.05. The van der Waals surface area contributed by atoms with Crippen molar-refractivity contribution in [2.75, 3.05) is 6.54 Å². The average Bonchev–Trinajstić information content (AvgIpc) is 2.97. The fourth-order valence-corrected chi connectivity index (χ4v) is 3.37. The number of rotatable bonds is 4. The molecule has 1 aliphatic heterocycles. The molecule has 2 unspecified atom stereocenters. The summed E-state index contributed by atoms with van der Waals surface area (Å²) in [5.41, 5.74) is 7.81. The lowest BCUT2D eigenvalue weighted by Crippen LogP contribution is -2.41. The third-order valence-corrected chi connectivity index (χ3v) is 4.72. The van der Waals surface area contributed by atoms with Crippen molar-refractivity contribution in [1.29, 1.82) is 0 Å². The predicted octanol–water partition coefficient (Wildman–Crippen LogP) is 2.47. The standard InChI is InChI=1S/C19H21FN2O2/c1-12(22-11-15(23)10-18(22)19(21)24)13-6-8-14(9-7-13)16-4-2-3-5-17(16)20/h2-9,12,15,18,23H,10-11H2,1H3,(H2,21,24)/t12-,15?,18?/m0/s1. The minimum Gasteiger partial charge on any atom is -0.392 e. The Kier molecular flexibility index (Phi) is 4.64. The normalized spacial score (nSPS) is 22.5. The molecule has 0 bridgehead atoms. The van der Waals surface area contributed by atoms with Crippen LogP contribution in [0, 0.1) is 5.82 Å². The van der Waals surface area contributed by atoms with Crippen LogP contribution >= 0.6 is 0 Å². The number of benzene rings is 2. The van der Waals surface area contributed by atoms with E-state index >= 15 is 0 Å². The van der Waals surface area contributed by atoms with Gasteiger partial charge < -0.3 is 10.8 Å². The lowest BCUT2D eigenvalue weighted by molar-refractivity contribution is -0.122. The molecule has 0 aliphatic carbocycles. The zero-order chi connectivity index (χ0) is 17.3. The van der Waals surface area contributed by atoms with E-state index < -0.39 is 18.1 Å². The number of hydrogen-bond acceptors (Lipinski definition) is 3. The Labute approximate surface area is 140 Å². The van der Waals surface area contributed by atoms with Gasteiger partial charge in [0.15, 0.2) is 0 Å². The maximum absolute atomic E-state index is 13.9. The number of likely N-dealkylation sites (tertiary alicyclic amines) is 1. The minimum atomic E-state index is -0.539. The van der Waals surface area contributed by atoms with Crippen molar-refractivity contribution in [2.24, 2.45) is 5.73 Å². The number of carbonyl (C=O) groups is 1. The molecule has 1 heterocycles. The van der Waals surface area contributed by atoms with Gasteiger partial charge in [0.05, 0.1) is 12.1 Å². The van der Waals surface area contributed by atoms with Crippen molar-refractivity contribution in [3.05, 3.63) is 59.9 Å². The van der Waals surface area contributed by atoms with E-state index in [2.05, 4.69) is 0 Å². The number of nitrogens with zero attached hydrogens (tertiary/aromatic N) is 1. The van der Waals surface area contributed by atoms with Crippen LogP contribution in [0.3, 0.4) is 0 Å². The predicted molar refractivity (Wildman–Crippen MR) is 90.6 cm³/mol. The van der Waals surface area contributed by atoms with Crippen molar-refractivity contribution in [3.8, 4) is 11.1 Å². The lowest BCUT2D eigenvalue weighted by atomic mass is 10.00. The van der Waals surface area contributed by atoms with Gasteiger partial charge in [-0.2, -0.15) is 0 Å². The fraction of sp³-hybridized carbons (Fsp3) is 0.316. The summed E-state index contributed by atoms with van der Waals surface area (Å²) in [5, 5.41) is 9.85. The number of amides is 1. The second-order valence-corrected chi connectivity index (χ2v) is 6.28. The van der Waals surface area contributed by atoms with E-state index in [0.29, 0.717) is 18.5 Å². The largest absolute Gasteiger partial charge is 0.392 e. The highest BCUT2D eigenvalue weighted by Gasteiger charge is 2.37. The molecule has 3 N–H and O–H groups in total. The topological polar surface area (TPSA) is 66.6 Å². The Balaban J connectivity index is 1.83. The van der Waals surface area contributed by atoms with E-state index in [0.717, 1.165) is 11.1 Å². The number of hydrogen-bond donors (Lipinski definition) is 2. The molecule has 2 aromatic carbocycles. The van der Waals surface area contributed by atoms with Crippen LogP contribution in [-0.4, -0.2) is 34.6 Å². The number of carbonyl (C=O) groups excluding carboxylic acids is 1. The fourth-order valence-electron chi connectivity index (χ4n) is 3.37. The van der Waals surface area contributed by atoms with E-state index in [1.807, 2.05) is 36.1 Å². The highest BCUT2D eigenvalue weighted by atomic mass is 19.1. The summed E-state index contributed by atoms with van der Waals surface area (Å²) >= 11 is 0. The summed E-state index contributed by atoms with van der Waals surface area (Å²) < 4.78 is 13.9. The molecule has 0 aromatic heterocycles. The highest BCUT2D eigenvalue weighted by Crippen LogP contribution is 2.31.